The number of rotatable bonds is 3. The number of ether oxygens (including phenoxy) is 1. The van der Waals surface area contributed by atoms with Crippen molar-refractivity contribution in [2.45, 2.75) is 39.5 Å². The van der Waals surface area contributed by atoms with Crippen molar-refractivity contribution in [2.24, 2.45) is 0 Å². The Morgan fingerprint density at radius 2 is 1.90 bits per heavy atom. The third-order valence-electron chi connectivity index (χ3n) is 3.15. The molecule has 0 radical (unpaired) electrons. The van der Waals surface area contributed by atoms with E-state index in [4.69, 9.17) is 27.9 Å². The maximum atomic E-state index is 6.06. The Bertz CT molecular complexity index is 651. The first kappa shape index (κ1) is 16.1. The highest BCUT2D eigenvalue weighted by Gasteiger charge is 2.21. The molecular formula is C16H18Cl2N2O. The van der Waals surface area contributed by atoms with Gasteiger partial charge in [-0.05, 0) is 35.1 Å². The second-order valence-electron chi connectivity index (χ2n) is 5.83. The molecule has 1 aromatic carbocycles. The largest absolute Gasteiger partial charge is 0.437 e. The molecule has 1 aromatic heterocycles. The number of benzene rings is 1. The van der Waals surface area contributed by atoms with Crippen molar-refractivity contribution in [3.63, 3.8) is 0 Å². The monoisotopic (exact) mass is 324 g/mol. The Kier molecular flexibility index (Phi) is 4.74. The van der Waals surface area contributed by atoms with Crippen molar-refractivity contribution in [3.05, 3.63) is 45.8 Å². The lowest BCUT2D eigenvalue weighted by atomic mass is 9.85. The van der Waals surface area contributed by atoms with Crippen LogP contribution in [0.5, 0.6) is 11.6 Å². The summed E-state index contributed by atoms with van der Waals surface area (Å²) in [5, 5.41) is 0.440. The van der Waals surface area contributed by atoms with E-state index in [0.717, 1.165) is 17.7 Å². The Labute approximate surface area is 135 Å². The summed E-state index contributed by atoms with van der Waals surface area (Å²) in [6.45, 7) is 8.55. The van der Waals surface area contributed by atoms with E-state index < -0.39 is 0 Å². The molecule has 0 bridgehead atoms. The number of halogens is 2. The fourth-order valence-corrected chi connectivity index (χ4v) is 2.23. The van der Waals surface area contributed by atoms with Crippen molar-refractivity contribution < 1.29 is 4.74 Å². The fourth-order valence-electron chi connectivity index (χ4n) is 1.98. The van der Waals surface area contributed by atoms with Crippen molar-refractivity contribution in [1.29, 1.82) is 0 Å². The maximum absolute atomic E-state index is 6.06. The van der Waals surface area contributed by atoms with E-state index in [2.05, 4.69) is 43.7 Å². The summed E-state index contributed by atoms with van der Waals surface area (Å²) in [7, 11) is 0. The van der Waals surface area contributed by atoms with E-state index in [9.17, 15) is 0 Å². The molecule has 5 heteroatoms. The molecule has 0 unspecified atom stereocenters. The number of nitrogens with zero attached hydrogens (tertiary/aromatic N) is 2. The lowest BCUT2D eigenvalue weighted by Gasteiger charge is -2.23. The van der Waals surface area contributed by atoms with Gasteiger partial charge in [0.2, 0.25) is 11.2 Å². The molecule has 0 aliphatic heterocycles. The second kappa shape index (κ2) is 6.20. The van der Waals surface area contributed by atoms with E-state index in [-0.39, 0.29) is 16.6 Å². The van der Waals surface area contributed by atoms with Crippen LogP contribution in [0.2, 0.25) is 10.3 Å². The average Bonchev–Trinajstić information content (AvgIpc) is 2.42. The van der Waals surface area contributed by atoms with Crippen LogP contribution in [0.4, 0.5) is 0 Å². The minimum Gasteiger partial charge on any atom is -0.437 e. The Hall–Kier alpha value is -1.32. The summed E-state index contributed by atoms with van der Waals surface area (Å²) in [5.74, 6) is 1.00. The topological polar surface area (TPSA) is 35.0 Å². The quantitative estimate of drug-likeness (QED) is 0.705. The number of aromatic nitrogens is 2. The van der Waals surface area contributed by atoms with Crippen LogP contribution < -0.4 is 4.74 Å². The predicted molar refractivity (Wildman–Crippen MR) is 86.6 cm³/mol. The zero-order valence-electron chi connectivity index (χ0n) is 12.6. The summed E-state index contributed by atoms with van der Waals surface area (Å²) in [4.78, 5) is 7.86. The molecule has 2 aromatic rings. The van der Waals surface area contributed by atoms with Gasteiger partial charge in [-0.2, -0.15) is 4.98 Å². The number of hydrogen-bond donors (Lipinski definition) is 0. The van der Waals surface area contributed by atoms with Gasteiger partial charge in [0.25, 0.3) is 0 Å². The molecular weight excluding hydrogens is 307 g/mol. The Morgan fingerprint density at radius 3 is 2.52 bits per heavy atom. The van der Waals surface area contributed by atoms with Gasteiger partial charge in [-0.3, -0.25) is 0 Å². The van der Waals surface area contributed by atoms with Crippen LogP contribution in [-0.4, -0.2) is 9.97 Å². The molecule has 21 heavy (non-hydrogen) atoms. The van der Waals surface area contributed by atoms with E-state index in [1.807, 2.05) is 12.1 Å². The Morgan fingerprint density at radius 1 is 1.19 bits per heavy atom. The van der Waals surface area contributed by atoms with E-state index in [1.165, 1.54) is 11.8 Å². The molecule has 0 N–H and O–H groups in total. The first-order valence-corrected chi connectivity index (χ1v) is 7.56. The van der Waals surface area contributed by atoms with Gasteiger partial charge in [0.15, 0.2) is 0 Å². The van der Waals surface area contributed by atoms with Gasteiger partial charge in [-0.15, -0.1) is 0 Å². The molecule has 0 spiro atoms. The van der Waals surface area contributed by atoms with Crippen molar-refractivity contribution >= 4 is 23.2 Å². The maximum Gasteiger partial charge on any atom is 0.242 e. The van der Waals surface area contributed by atoms with Gasteiger partial charge in [-0.1, -0.05) is 51.4 Å². The van der Waals surface area contributed by atoms with Gasteiger partial charge < -0.3 is 4.74 Å². The fraction of sp³-hybridized carbons (Fsp3) is 0.375. The molecule has 1 heterocycles. The SMILES string of the molecule is CCc1ccc(Oc2nc(Cl)ncc2Cl)c(C(C)(C)C)c1. The zero-order chi connectivity index (χ0) is 15.6. The van der Waals surface area contributed by atoms with E-state index in [1.54, 1.807) is 0 Å². The zero-order valence-corrected chi connectivity index (χ0v) is 14.1. The van der Waals surface area contributed by atoms with Gasteiger partial charge in [-0.25, -0.2) is 4.98 Å². The molecule has 112 valence electrons. The number of hydrogen-bond acceptors (Lipinski definition) is 3. The van der Waals surface area contributed by atoms with Crippen LogP contribution in [0, 0.1) is 0 Å². The van der Waals surface area contributed by atoms with Gasteiger partial charge in [0.1, 0.15) is 10.8 Å². The summed E-state index contributed by atoms with van der Waals surface area (Å²) in [6, 6.07) is 6.15. The van der Waals surface area contributed by atoms with Crippen LogP contribution in [0.3, 0.4) is 0 Å². The molecule has 0 aliphatic rings. The van der Waals surface area contributed by atoms with Crippen LogP contribution in [0.15, 0.2) is 24.4 Å². The first-order chi connectivity index (χ1) is 9.81. The van der Waals surface area contributed by atoms with E-state index >= 15 is 0 Å². The van der Waals surface area contributed by atoms with Crippen LogP contribution >= 0.6 is 23.2 Å². The van der Waals surface area contributed by atoms with Gasteiger partial charge in [0.05, 0.1) is 6.20 Å². The molecule has 3 nitrogen and oxygen atoms in total. The van der Waals surface area contributed by atoms with Crippen LogP contribution in [-0.2, 0) is 11.8 Å². The minimum atomic E-state index is -0.0518. The normalized spacial score (nSPS) is 11.5. The van der Waals surface area contributed by atoms with Crippen molar-refractivity contribution in [2.75, 3.05) is 0 Å². The molecule has 0 saturated heterocycles. The molecule has 0 saturated carbocycles. The standard InChI is InChI=1S/C16H18Cl2N2O/c1-5-10-6-7-13(11(8-10)16(2,3)4)21-14-12(17)9-19-15(18)20-14/h6-9H,5H2,1-4H3. The summed E-state index contributed by atoms with van der Waals surface area (Å²) in [6.07, 6.45) is 2.41. The molecule has 0 fully saturated rings. The van der Waals surface area contributed by atoms with E-state index in [0.29, 0.717) is 5.02 Å². The van der Waals surface area contributed by atoms with Crippen molar-refractivity contribution in [1.82, 2.24) is 9.97 Å². The number of aryl methyl sites for hydroxylation is 1. The van der Waals surface area contributed by atoms with Gasteiger partial charge in [0, 0.05) is 5.56 Å². The molecule has 0 aliphatic carbocycles. The average molecular weight is 325 g/mol. The summed E-state index contributed by atoms with van der Waals surface area (Å²) < 4.78 is 5.88. The van der Waals surface area contributed by atoms with Crippen molar-refractivity contribution in [3.8, 4) is 11.6 Å². The van der Waals surface area contributed by atoms with Crippen LogP contribution in [0.25, 0.3) is 0 Å². The molecule has 2 rings (SSSR count). The Balaban J connectivity index is 2.46. The summed E-state index contributed by atoms with van der Waals surface area (Å²) >= 11 is 11.9. The molecule has 0 atom stereocenters. The third kappa shape index (κ3) is 3.86. The predicted octanol–water partition coefficient (Wildman–Crippen LogP) is 5.44. The third-order valence-corrected chi connectivity index (χ3v) is 3.59. The lowest BCUT2D eigenvalue weighted by Crippen LogP contribution is -2.13. The highest BCUT2D eigenvalue weighted by Crippen LogP contribution is 2.36. The van der Waals surface area contributed by atoms with Gasteiger partial charge >= 0.3 is 0 Å². The van der Waals surface area contributed by atoms with Crippen LogP contribution in [0.1, 0.15) is 38.8 Å². The minimum absolute atomic E-state index is 0.0518. The first-order valence-electron chi connectivity index (χ1n) is 6.80. The molecule has 0 amide bonds. The lowest BCUT2D eigenvalue weighted by molar-refractivity contribution is 0.438. The second-order valence-corrected chi connectivity index (χ2v) is 6.57. The highest BCUT2D eigenvalue weighted by atomic mass is 35.5. The smallest absolute Gasteiger partial charge is 0.242 e. The summed E-state index contributed by atoms with van der Waals surface area (Å²) in [5.41, 5.74) is 2.32. The highest BCUT2D eigenvalue weighted by molar-refractivity contribution is 6.32.